The largest absolute Gasteiger partial charge is 0.325 e. The Morgan fingerprint density at radius 1 is 1.32 bits per heavy atom. The van der Waals surface area contributed by atoms with Crippen molar-refractivity contribution in [1.82, 2.24) is 4.98 Å². The van der Waals surface area contributed by atoms with Crippen LogP contribution in [-0.4, -0.2) is 22.7 Å². The molecule has 1 aromatic heterocycles. The second-order valence-corrected chi connectivity index (χ2v) is 6.22. The van der Waals surface area contributed by atoms with Gasteiger partial charge >= 0.3 is 0 Å². The molecule has 7 heteroatoms. The highest BCUT2D eigenvalue weighted by Crippen LogP contribution is 2.37. The number of hydrogen-bond acceptors (Lipinski definition) is 3. The molecule has 1 aliphatic rings. The van der Waals surface area contributed by atoms with E-state index in [0.717, 1.165) is 6.92 Å². The zero-order valence-corrected chi connectivity index (χ0v) is 13.8. The maximum absolute atomic E-state index is 13.6. The molecule has 0 saturated carbocycles. The number of carbonyl (C=O) groups excluding carboxylic acids is 2. The number of aromatic nitrogens is 1. The second-order valence-electron chi connectivity index (χ2n) is 6.22. The van der Waals surface area contributed by atoms with Gasteiger partial charge in [0.1, 0.15) is 5.92 Å². The summed E-state index contributed by atoms with van der Waals surface area (Å²) in [7, 11) is 0. The number of anilines is 2. The number of aryl methyl sites for hydroxylation is 1. The number of rotatable bonds is 3. The van der Waals surface area contributed by atoms with E-state index >= 15 is 0 Å². The first-order chi connectivity index (χ1) is 11.8. The molecule has 0 bridgehead atoms. The summed E-state index contributed by atoms with van der Waals surface area (Å²) in [6, 6.07) is 6.48. The van der Waals surface area contributed by atoms with E-state index in [-0.39, 0.29) is 12.3 Å². The SMILES string of the molecule is Cc1cc(NC(=O)c2ccncc2)cc2c1NC(=O)C(C(C)(F)F)C2. The van der Waals surface area contributed by atoms with Gasteiger partial charge in [-0.15, -0.1) is 0 Å². The van der Waals surface area contributed by atoms with Crippen LogP contribution in [0.5, 0.6) is 0 Å². The Morgan fingerprint density at radius 2 is 2.00 bits per heavy atom. The maximum atomic E-state index is 13.6. The van der Waals surface area contributed by atoms with Crippen LogP contribution in [0.2, 0.25) is 0 Å². The van der Waals surface area contributed by atoms with Crippen LogP contribution in [0.15, 0.2) is 36.7 Å². The van der Waals surface area contributed by atoms with Gasteiger partial charge in [0.15, 0.2) is 0 Å². The molecule has 1 unspecified atom stereocenters. The number of halogens is 2. The van der Waals surface area contributed by atoms with Crippen molar-refractivity contribution in [3.8, 4) is 0 Å². The molecule has 130 valence electrons. The Labute approximate surface area is 143 Å². The number of carbonyl (C=O) groups is 2. The van der Waals surface area contributed by atoms with Crippen molar-refractivity contribution in [2.45, 2.75) is 26.2 Å². The van der Waals surface area contributed by atoms with E-state index in [1.807, 2.05) is 0 Å². The molecular formula is C18H17F2N3O2. The van der Waals surface area contributed by atoms with Crippen LogP contribution in [0.1, 0.15) is 28.4 Å². The molecule has 1 aliphatic heterocycles. The predicted molar refractivity (Wildman–Crippen MR) is 89.8 cm³/mol. The van der Waals surface area contributed by atoms with Gasteiger partial charge < -0.3 is 10.6 Å². The van der Waals surface area contributed by atoms with Gasteiger partial charge in [-0.05, 0) is 48.7 Å². The minimum atomic E-state index is -3.12. The first-order valence-corrected chi connectivity index (χ1v) is 7.79. The first-order valence-electron chi connectivity index (χ1n) is 7.79. The van der Waals surface area contributed by atoms with Crippen molar-refractivity contribution in [3.05, 3.63) is 53.3 Å². The van der Waals surface area contributed by atoms with Crippen LogP contribution < -0.4 is 10.6 Å². The second kappa shape index (κ2) is 6.23. The summed E-state index contributed by atoms with van der Waals surface area (Å²) >= 11 is 0. The Hall–Kier alpha value is -2.83. The Kier molecular flexibility index (Phi) is 4.24. The number of benzene rings is 1. The van der Waals surface area contributed by atoms with Crippen molar-refractivity contribution in [3.63, 3.8) is 0 Å². The van der Waals surface area contributed by atoms with Crippen LogP contribution in [0.25, 0.3) is 0 Å². The minimum Gasteiger partial charge on any atom is -0.325 e. The fraction of sp³-hybridized carbons (Fsp3) is 0.278. The summed E-state index contributed by atoms with van der Waals surface area (Å²) in [5.74, 6) is -5.55. The van der Waals surface area contributed by atoms with Crippen molar-refractivity contribution in [2.24, 2.45) is 5.92 Å². The number of nitrogens with zero attached hydrogens (tertiary/aromatic N) is 1. The van der Waals surface area contributed by atoms with Gasteiger partial charge in [0.2, 0.25) is 5.91 Å². The molecule has 1 atom stereocenters. The molecule has 2 aromatic rings. The van der Waals surface area contributed by atoms with Gasteiger partial charge in [0.05, 0.1) is 0 Å². The molecule has 2 amide bonds. The summed E-state index contributed by atoms with van der Waals surface area (Å²) in [6.07, 6.45) is 2.94. The number of alkyl halides is 2. The molecular weight excluding hydrogens is 328 g/mol. The number of amides is 2. The Morgan fingerprint density at radius 3 is 2.64 bits per heavy atom. The number of pyridine rings is 1. The summed E-state index contributed by atoms with van der Waals surface area (Å²) in [6.45, 7) is 2.50. The fourth-order valence-electron chi connectivity index (χ4n) is 2.91. The number of fused-ring (bicyclic) bond motifs is 1. The number of nitrogens with one attached hydrogen (secondary N) is 2. The van der Waals surface area contributed by atoms with Crippen LogP contribution >= 0.6 is 0 Å². The van der Waals surface area contributed by atoms with Gasteiger partial charge in [0.25, 0.3) is 11.8 Å². The Bertz CT molecular complexity index is 832. The van der Waals surface area contributed by atoms with E-state index in [2.05, 4.69) is 15.6 Å². The molecule has 5 nitrogen and oxygen atoms in total. The molecule has 0 spiro atoms. The van der Waals surface area contributed by atoms with Crippen LogP contribution in [0.3, 0.4) is 0 Å². The van der Waals surface area contributed by atoms with E-state index in [9.17, 15) is 18.4 Å². The summed E-state index contributed by atoms with van der Waals surface area (Å²) in [5, 5.41) is 5.30. The lowest BCUT2D eigenvalue weighted by Crippen LogP contribution is -2.40. The fourth-order valence-corrected chi connectivity index (χ4v) is 2.91. The maximum Gasteiger partial charge on any atom is 0.257 e. The lowest BCUT2D eigenvalue weighted by molar-refractivity contribution is -0.132. The summed E-state index contributed by atoms with van der Waals surface area (Å²) in [5.41, 5.74) is 2.75. The van der Waals surface area contributed by atoms with Gasteiger partial charge in [-0.25, -0.2) is 8.78 Å². The van der Waals surface area contributed by atoms with Gasteiger partial charge in [-0.2, -0.15) is 0 Å². The molecule has 2 heterocycles. The van der Waals surface area contributed by atoms with Gasteiger partial charge in [-0.1, -0.05) is 0 Å². The van der Waals surface area contributed by atoms with Crippen molar-refractivity contribution in [1.29, 1.82) is 0 Å². The smallest absolute Gasteiger partial charge is 0.257 e. The zero-order chi connectivity index (χ0) is 18.2. The van der Waals surface area contributed by atoms with Crippen molar-refractivity contribution >= 4 is 23.2 Å². The van der Waals surface area contributed by atoms with E-state index in [4.69, 9.17) is 0 Å². The van der Waals surface area contributed by atoms with E-state index < -0.39 is 17.7 Å². The molecule has 0 aliphatic carbocycles. The quantitative estimate of drug-likeness (QED) is 0.895. The lowest BCUT2D eigenvalue weighted by Gasteiger charge is -2.30. The lowest BCUT2D eigenvalue weighted by atomic mass is 9.87. The summed E-state index contributed by atoms with van der Waals surface area (Å²) < 4.78 is 27.3. The highest BCUT2D eigenvalue weighted by atomic mass is 19.3. The standard InChI is InChI=1S/C18H17F2N3O2/c1-10-7-13(22-16(24)11-3-5-21-6-4-11)8-12-9-14(18(2,19)20)17(25)23-15(10)12/h3-8,14H,9H2,1-2H3,(H,22,24)(H,23,25). The zero-order valence-electron chi connectivity index (χ0n) is 13.8. The number of hydrogen-bond donors (Lipinski definition) is 2. The highest BCUT2D eigenvalue weighted by molar-refractivity contribution is 6.05. The third-order valence-corrected chi connectivity index (χ3v) is 4.22. The van der Waals surface area contributed by atoms with Crippen LogP contribution in [0, 0.1) is 12.8 Å². The average molecular weight is 345 g/mol. The first kappa shape index (κ1) is 17.0. The normalized spacial score (nSPS) is 16.8. The van der Waals surface area contributed by atoms with Gasteiger partial charge in [0, 0.05) is 36.3 Å². The van der Waals surface area contributed by atoms with Crippen LogP contribution in [-0.2, 0) is 11.2 Å². The third-order valence-electron chi connectivity index (χ3n) is 4.22. The van der Waals surface area contributed by atoms with Gasteiger partial charge in [-0.3, -0.25) is 14.6 Å². The molecule has 0 radical (unpaired) electrons. The predicted octanol–water partition coefficient (Wildman–Crippen LogP) is 3.41. The van der Waals surface area contributed by atoms with Crippen LogP contribution in [0.4, 0.5) is 20.2 Å². The van der Waals surface area contributed by atoms with E-state index in [1.54, 1.807) is 31.2 Å². The van der Waals surface area contributed by atoms with E-state index in [0.29, 0.717) is 28.1 Å². The third kappa shape index (κ3) is 3.50. The monoisotopic (exact) mass is 345 g/mol. The molecule has 2 N–H and O–H groups in total. The average Bonchev–Trinajstić information content (AvgIpc) is 2.55. The molecule has 0 saturated heterocycles. The Balaban J connectivity index is 1.89. The molecule has 0 fully saturated rings. The highest BCUT2D eigenvalue weighted by Gasteiger charge is 2.42. The van der Waals surface area contributed by atoms with Crippen molar-refractivity contribution in [2.75, 3.05) is 10.6 Å². The topological polar surface area (TPSA) is 71.1 Å². The van der Waals surface area contributed by atoms with E-state index in [1.165, 1.54) is 12.4 Å². The minimum absolute atomic E-state index is 0.0789. The van der Waals surface area contributed by atoms with Crippen molar-refractivity contribution < 1.29 is 18.4 Å². The summed E-state index contributed by atoms with van der Waals surface area (Å²) in [4.78, 5) is 28.0. The molecule has 25 heavy (non-hydrogen) atoms. The molecule has 1 aromatic carbocycles. The molecule has 3 rings (SSSR count).